The van der Waals surface area contributed by atoms with Crippen LogP contribution in [0.15, 0.2) is 23.2 Å². The molecule has 0 saturated carbocycles. The predicted molar refractivity (Wildman–Crippen MR) is 120 cm³/mol. The largest absolute Gasteiger partial charge is 0.491 e. The van der Waals surface area contributed by atoms with E-state index in [1.165, 1.54) is 0 Å². The van der Waals surface area contributed by atoms with E-state index in [2.05, 4.69) is 15.6 Å². The van der Waals surface area contributed by atoms with E-state index in [9.17, 15) is 4.79 Å². The molecule has 1 amide bonds. The SMILES string of the molecule is CCNC(=NCc1ccc(C)cc1OCCOC)NCCC(=O)N(C)C.I. The second-order valence-corrected chi connectivity index (χ2v) is 6.11. The van der Waals surface area contributed by atoms with Crippen LogP contribution in [0.2, 0.25) is 0 Å². The van der Waals surface area contributed by atoms with Gasteiger partial charge in [0.25, 0.3) is 0 Å². The predicted octanol–water partition coefficient (Wildman–Crippen LogP) is 2.17. The Morgan fingerprint density at radius 2 is 1.96 bits per heavy atom. The molecule has 0 fully saturated rings. The van der Waals surface area contributed by atoms with Gasteiger partial charge < -0.3 is 25.0 Å². The van der Waals surface area contributed by atoms with Crippen molar-refractivity contribution in [2.75, 3.05) is 47.5 Å². The van der Waals surface area contributed by atoms with Crippen LogP contribution in [0.1, 0.15) is 24.5 Å². The Labute approximate surface area is 179 Å². The summed E-state index contributed by atoms with van der Waals surface area (Å²) in [6.45, 7) is 6.85. The van der Waals surface area contributed by atoms with Crippen molar-refractivity contribution in [3.63, 3.8) is 0 Å². The Kier molecular flexibility index (Phi) is 13.7. The summed E-state index contributed by atoms with van der Waals surface area (Å²) in [5.74, 6) is 1.59. The van der Waals surface area contributed by atoms with Gasteiger partial charge in [-0.3, -0.25) is 4.79 Å². The summed E-state index contributed by atoms with van der Waals surface area (Å²) in [4.78, 5) is 17.8. The maximum absolute atomic E-state index is 11.7. The van der Waals surface area contributed by atoms with Crippen molar-refractivity contribution in [2.24, 2.45) is 4.99 Å². The van der Waals surface area contributed by atoms with Crippen LogP contribution in [0.3, 0.4) is 0 Å². The summed E-state index contributed by atoms with van der Waals surface area (Å²) in [5.41, 5.74) is 2.14. The number of benzene rings is 1. The molecular weight excluding hydrogens is 459 g/mol. The van der Waals surface area contributed by atoms with Gasteiger partial charge in [-0.25, -0.2) is 4.99 Å². The topological polar surface area (TPSA) is 75.2 Å². The van der Waals surface area contributed by atoms with E-state index in [1.54, 1.807) is 26.1 Å². The molecule has 0 aliphatic rings. The lowest BCUT2D eigenvalue weighted by atomic mass is 10.1. The zero-order chi connectivity index (χ0) is 19.4. The Hall–Kier alpha value is -1.55. The van der Waals surface area contributed by atoms with Crippen LogP contribution < -0.4 is 15.4 Å². The van der Waals surface area contributed by atoms with Crippen LogP contribution >= 0.6 is 24.0 Å². The van der Waals surface area contributed by atoms with Crippen LogP contribution in [-0.4, -0.2) is 64.3 Å². The van der Waals surface area contributed by atoms with Crippen molar-refractivity contribution in [3.8, 4) is 5.75 Å². The third kappa shape index (κ3) is 10.4. The first-order valence-electron chi connectivity index (χ1n) is 8.91. The molecule has 27 heavy (non-hydrogen) atoms. The fraction of sp³-hybridized carbons (Fsp3) is 0.579. The first-order chi connectivity index (χ1) is 12.5. The van der Waals surface area contributed by atoms with Crippen molar-refractivity contribution in [2.45, 2.75) is 26.8 Å². The standard InChI is InChI=1S/C19H32N4O3.HI/c1-6-20-19(21-10-9-18(24)23(3)4)22-14-16-8-7-15(2)13-17(16)26-12-11-25-5;/h7-8,13H,6,9-12,14H2,1-5H3,(H2,20,21,22);1H. The molecule has 0 atom stereocenters. The molecule has 1 aromatic rings. The van der Waals surface area contributed by atoms with Gasteiger partial charge in [-0.1, -0.05) is 12.1 Å². The number of aryl methyl sites for hydroxylation is 1. The van der Waals surface area contributed by atoms with Crippen LogP contribution in [0, 0.1) is 6.92 Å². The minimum absolute atomic E-state index is 0. The van der Waals surface area contributed by atoms with Crippen LogP contribution in [0.5, 0.6) is 5.75 Å². The highest BCUT2D eigenvalue weighted by Crippen LogP contribution is 2.21. The molecule has 0 aliphatic carbocycles. The number of carbonyl (C=O) groups is 1. The molecule has 0 heterocycles. The van der Waals surface area contributed by atoms with Gasteiger partial charge in [-0.2, -0.15) is 0 Å². The van der Waals surface area contributed by atoms with Crippen LogP contribution in [-0.2, 0) is 16.1 Å². The fourth-order valence-corrected chi connectivity index (χ4v) is 2.18. The zero-order valence-corrected chi connectivity index (χ0v) is 19.3. The smallest absolute Gasteiger partial charge is 0.223 e. The lowest BCUT2D eigenvalue weighted by molar-refractivity contribution is -0.128. The van der Waals surface area contributed by atoms with Crippen molar-refractivity contribution < 1.29 is 14.3 Å². The number of carbonyl (C=O) groups excluding carboxylic acids is 1. The van der Waals surface area contributed by atoms with Crippen molar-refractivity contribution in [1.29, 1.82) is 0 Å². The number of hydrogen-bond acceptors (Lipinski definition) is 4. The Balaban J connectivity index is 0.00000676. The zero-order valence-electron chi connectivity index (χ0n) is 17.0. The molecule has 0 bridgehead atoms. The summed E-state index contributed by atoms with van der Waals surface area (Å²) in [6.07, 6.45) is 0.424. The highest BCUT2D eigenvalue weighted by Gasteiger charge is 2.07. The van der Waals surface area contributed by atoms with Gasteiger partial charge in [0.15, 0.2) is 5.96 Å². The van der Waals surface area contributed by atoms with Gasteiger partial charge in [0.05, 0.1) is 13.2 Å². The first-order valence-corrected chi connectivity index (χ1v) is 8.91. The summed E-state index contributed by atoms with van der Waals surface area (Å²) in [5, 5.41) is 6.38. The monoisotopic (exact) mass is 492 g/mol. The van der Waals surface area contributed by atoms with Gasteiger partial charge in [0.1, 0.15) is 12.4 Å². The highest BCUT2D eigenvalue weighted by molar-refractivity contribution is 14.0. The second-order valence-electron chi connectivity index (χ2n) is 6.11. The van der Waals surface area contributed by atoms with Crippen molar-refractivity contribution in [3.05, 3.63) is 29.3 Å². The Morgan fingerprint density at radius 1 is 1.22 bits per heavy atom. The first kappa shape index (κ1) is 25.4. The van der Waals surface area contributed by atoms with Gasteiger partial charge >= 0.3 is 0 Å². The summed E-state index contributed by atoms with van der Waals surface area (Å²) in [6, 6.07) is 6.08. The highest BCUT2D eigenvalue weighted by atomic mass is 127. The van der Waals surface area contributed by atoms with Crippen LogP contribution in [0.4, 0.5) is 0 Å². The number of rotatable bonds is 10. The average molecular weight is 492 g/mol. The molecule has 0 aromatic heterocycles. The molecule has 2 N–H and O–H groups in total. The number of guanidine groups is 1. The molecular formula is C19H33IN4O3. The van der Waals surface area contributed by atoms with E-state index >= 15 is 0 Å². The summed E-state index contributed by atoms with van der Waals surface area (Å²) in [7, 11) is 5.16. The maximum atomic E-state index is 11.7. The molecule has 0 radical (unpaired) electrons. The molecule has 7 nitrogen and oxygen atoms in total. The third-order valence-electron chi connectivity index (χ3n) is 3.65. The summed E-state index contributed by atoms with van der Waals surface area (Å²) >= 11 is 0. The van der Waals surface area contributed by atoms with E-state index in [-0.39, 0.29) is 29.9 Å². The number of methoxy groups -OCH3 is 1. The third-order valence-corrected chi connectivity index (χ3v) is 3.65. The molecule has 1 rings (SSSR count). The van der Waals surface area contributed by atoms with E-state index in [1.807, 2.05) is 32.0 Å². The molecule has 8 heteroatoms. The quantitative estimate of drug-likeness (QED) is 0.227. The average Bonchev–Trinajstić information content (AvgIpc) is 2.60. The minimum Gasteiger partial charge on any atom is -0.491 e. The lowest BCUT2D eigenvalue weighted by Gasteiger charge is -2.14. The van der Waals surface area contributed by atoms with E-state index < -0.39 is 0 Å². The van der Waals surface area contributed by atoms with Crippen LogP contribution in [0.25, 0.3) is 0 Å². The van der Waals surface area contributed by atoms with Gasteiger partial charge in [-0.05, 0) is 25.5 Å². The van der Waals surface area contributed by atoms with Crippen molar-refractivity contribution >= 4 is 35.8 Å². The molecule has 0 saturated heterocycles. The van der Waals surface area contributed by atoms with E-state index in [4.69, 9.17) is 9.47 Å². The normalized spacial score (nSPS) is 10.8. The van der Waals surface area contributed by atoms with E-state index in [0.29, 0.717) is 38.7 Å². The lowest BCUT2D eigenvalue weighted by Crippen LogP contribution is -2.39. The molecule has 0 aliphatic heterocycles. The number of ether oxygens (including phenoxy) is 2. The van der Waals surface area contributed by atoms with Gasteiger partial charge in [-0.15, -0.1) is 24.0 Å². The number of nitrogens with zero attached hydrogens (tertiary/aromatic N) is 2. The van der Waals surface area contributed by atoms with E-state index in [0.717, 1.165) is 23.4 Å². The Bertz CT molecular complexity index is 594. The number of nitrogens with one attached hydrogen (secondary N) is 2. The number of amides is 1. The van der Waals surface area contributed by atoms with Gasteiger partial charge in [0, 0.05) is 46.3 Å². The summed E-state index contributed by atoms with van der Waals surface area (Å²) < 4.78 is 10.8. The second kappa shape index (κ2) is 14.5. The number of aliphatic imine (C=N–C) groups is 1. The molecule has 1 aromatic carbocycles. The Morgan fingerprint density at radius 3 is 2.59 bits per heavy atom. The molecule has 154 valence electrons. The fourth-order valence-electron chi connectivity index (χ4n) is 2.18. The number of hydrogen-bond donors (Lipinski definition) is 2. The van der Waals surface area contributed by atoms with Crippen molar-refractivity contribution in [1.82, 2.24) is 15.5 Å². The minimum atomic E-state index is 0. The number of halogens is 1. The van der Waals surface area contributed by atoms with Gasteiger partial charge in [0.2, 0.25) is 5.91 Å². The maximum Gasteiger partial charge on any atom is 0.223 e. The molecule has 0 spiro atoms. The molecule has 0 unspecified atom stereocenters.